The van der Waals surface area contributed by atoms with Crippen LogP contribution in [0.25, 0.3) is 0 Å². The van der Waals surface area contributed by atoms with Crippen LogP contribution < -0.4 is 5.32 Å². The summed E-state index contributed by atoms with van der Waals surface area (Å²) in [6.07, 6.45) is -1.01. The Morgan fingerprint density at radius 3 is 2.48 bits per heavy atom. The van der Waals surface area contributed by atoms with E-state index in [1.54, 1.807) is 26.8 Å². The highest BCUT2D eigenvalue weighted by molar-refractivity contribution is 6.00. The quantitative estimate of drug-likeness (QED) is 0.758. The fourth-order valence-electron chi connectivity index (χ4n) is 2.70. The van der Waals surface area contributed by atoms with Gasteiger partial charge in [-0.25, -0.2) is 9.59 Å². The van der Waals surface area contributed by atoms with E-state index in [1.165, 1.54) is 6.92 Å². The summed E-state index contributed by atoms with van der Waals surface area (Å²) in [7, 11) is 0. The molecule has 1 aromatic heterocycles. The van der Waals surface area contributed by atoms with Crippen LogP contribution >= 0.6 is 0 Å². The first-order chi connectivity index (χ1) is 12.7. The molecule has 0 bridgehead atoms. The average molecular weight is 372 g/mol. The number of rotatable bonds is 6. The minimum absolute atomic E-state index is 0.130. The minimum Gasteiger partial charge on any atom is -0.462 e. The molecule has 1 heterocycles. The maximum absolute atomic E-state index is 12.4. The van der Waals surface area contributed by atoms with Gasteiger partial charge in [0.1, 0.15) is 5.69 Å². The molecule has 0 fully saturated rings. The van der Waals surface area contributed by atoms with Crippen molar-refractivity contribution in [3.63, 3.8) is 0 Å². The maximum atomic E-state index is 12.4. The third-order valence-electron chi connectivity index (χ3n) is 4.06. The predicted molar refractivity (Wildman–Crippen MR) is 101 cm³/mol. The topological polar surface area (TPSA) is 97.5 Å². The molecule has 1 amide bonds. The molecule has 0 radical (unpaired) electrons. The largest absolute Gasteiger partial charge is 0.462 e. The van der Waals surface area contributed by atoms with E-state index in [0.29, 0.717) is 22.5 Å². The zero-order valence-electron chi connectivity index (χ0n) is 16.1. The van der Waals surface area contributed by atoms with E-state index in [-0.39, 0.29) is 12.3 Å². The summed E-state index contributed by atoms with van der Waals surface area (Å²) in [5.74, 6) is -1.66. The lowest BCUT2D eigenvalue weighted by Crippen LogP contribution is -2.30. The Balaban J connectivity index is 2.09. The van der Waals surface area contributed by atoms with E-state index in [9.17, 15) is 14.4 Å². The first-order valence-electron chi connectivity index (χ1n) is 8.69. The number of carbonyl (C=O) groups is 3. The van der Waals surface area contributed by atoms with Crippen LogP contribution in [0, 0.1) is 20.8 Å². The number of anilines is 1. The van der Waals surface area contributed by atoms with Gasteiger partial charge in [0.25, 0.3) is 5.91 Å². The Hall–Kier alpha value is -3.09. The molecule has 27 heavy (non-hydrogen) atoms. The summed E-state index contributed by atoms with van der Waals surface area (Å²) >= 11 is 0. The second-order valence-electron chi connectivity index (χ2n) is 6.25. The van der Waals surface area contributed by atoms with Crippen molar-refractivity contribution in [3.05, 3.63) is 52.3 Å². The number of esters is 2. The van der Waals surface area contributed by atoms with Gasteiger partial charge in [-0.05, 0) is 57.9 Å². The van der Waals surface area contributed by atoms with Crippen LogP contribution in [-0.4, -0.2) is 35.5 Å². The van der Waals surface area contributed by atoms with E-state index in [1.807, 2.05) is 25.1 Å². The molecule has 7 nitrogen and oxygen atoms in total. The van der Waals surface area contributed by atoms with Crippen molar-refractivity contribution in [2.24, 2.45) is 0 Å². The Kier molecular flexibility index (Phi) is 6.39. The third kappa shape index (κ3) is 4.75. The number of benzene rings is 1. The Morgan fingerprint density at radius 1 is 1.15 bits per heavy atom. The van der Waals surface area contributed by atoms with Gasteiger partial charge in [0.2, 0.25) is 0 Å². The molecule has 0 aliphatic heterocycles. The third-order valence-corrected chi connectivity index (χ3v) is 4.06. The first-order valence-corrected chi connectivity index (χ1v) is 8.69. The molecule has 0 aliphatic carbocycles. The second kappa shape index (κ2) is 8.53. The van der Waals surface area contributed by atoms with Gasteiger partial charge in [0.15, 0.2) is 6.10 Å². The van der Waals surface area contributed by atoms with Crippen LogP contribution in [0.2, 0.25) is 0 Å². The van der Waals surface area contributed by atoms with Crippen molar-refractivity contribution in [1.82, 2.24) is 4.98 Å². The van der Waals surface area contributed by atoms with E-state index < -0.39 is 23.9 Å². The number of aromatic amines is 1. The molecule has 0 unspecified atom stereocenters. The van der Waals surface area contributed by atoms with Crippen LogP contribution in [0.15, 0.2) is 24.3 Å². The number of hydrogen-bond acceptors (Lipinski definition) is 5. The molecule has 2 aromatic rings. The zero-order chi connectivity index (χ0) is 20.1. The first kappa shape index (κ1) is 20.2. The van der Waals surface area contributed by atoms with Crippen molar-refractivity contribution < 1.29 is 23.9 Å². The van der Waals surface area contributed by atoms with Gasteiger partial charge in [-0.1, -0.05) is 12.1 Å². The van der Waals surface area contributed by atoms with Crippen molar-refractivity contribution in [2.75, 3.05) is 11.9 Å². The lowest BCUT2D eigenvalue weighted by atomic mass is 10.1. The summed E-state index contributed by atoms with van der Waals surface area (Å²) < 4.78 is 10.3. The van der Waals surface area contributed by atoms with Crippen LogP contribution in [0.3, 0.4) is 0 Å². The number of hydrogen-bond donors (Lipinski definition) is 2. The van der Waals surface area contributed by atoms with Crippen molar-refractivity contribution in [2.45, 2.75) is 40.7 Å². The number of aromatic nitrogens is 1. The highest BCUT2D eigenvalue weighted by atomic mass is 16.5. The molecule has 0 aliphatic rings. The van der Waals surface area contributed by atoms with Crippen molar-refractivity contribution in [3.8, 4) is 0 Å². The smallest absolute Gasteiger partial charge is 0.355 e. The molecule has 0 spiro atoms. The van der Waals surface area contributed by atoms with Crippen LogP contribution in [0.4, 0.5) is 5.69 Å². The summed E-state index contributed by atoms with van der Waals surface area (Å²) in [6.45, 7) is 8.64. The summed E-state index contributed by atoms with van der Waals surface area (Å²) in [6, 6.07) is 7.31. The number of carbonyl (C=O) groups excluding carboxylic acids is 3. The molecular weight excluding hydrogens is 348 g/mol. The van der Waals surface area contributed by atoms with E-state index in [0.717, 1.165) is 5.56 Å². The predicted octanol–water partition coefficient (Wildman–Crippen LogP) is 3.30. The summed E-state index contributed by atoms with van der Waals surface area (Å²) in [5, 5.41) is 2.71. The van der Waals surface area contributed by atoms with Crippen molar-refractivity contribution in [1.29, 1.82) is 0 Å². The van der Waals surface area contributed by atoms with Crippen LogP contribution in [0.1, 0.15) is 51.5 Å². The van der Waals surface area contributed by atoms with Crippen LogP contribution in [-0.2, 0) is 14.3 Å². The lowest BCUT2D eigenvalue weighted by molar-refractivity contribution is -0.123. The normalized spacial score (nSPS) is 11.6. The van der Waals surface area contributed by atoms with E-state index >= 15 is 0 Å². The van der Waals surface area contributed by atoms with E-state index in [4.69, 9.17) is 9.47 Å². The number of nitrogens with one attached hydrogen (secondary N) is 2. The van der Waals surface area contributed by atoms with Gasteiger partial charge >= 0.3 is 11.9 Å². The molecule has 2 rings (SSSR count). The molecule has 144 valence electrons. The highest BCUT2D eigenvalue weighted by Crippen LogP contribution is 2.20. The van der Waals surface area contributed by atoms with Gasteiger partial charge in [0, 0.05) is 11.4 Å². The van der Waals surface area contributed by atoms with Crippen molar-refractivity contribution >= 4 is 23.5 Å². The number of amides is 1. The summed E-state index contributed by atoms with van der Waals surface area (Å²) in [5.41, 5.74) is 3.00. The number of aryl methyl sites for hydroxylation is 2. The number of H-pyrrole nitrogens is 1. The maximum Gasteiger partial charge on any atom is 0.355 e. The average Bonchev–Trinajstić information content (AvgIpc) is 2.89. The van der Waals surface area contributed by atoms with Gasteiger partial charge in [-0.2, -0.15) is 0 Å². The lowest BCUT2D eigenvalue weighted by Gasteiger charge is -2.13. The van der Waals surface area contributed by atoms with E-state index in [2.05, 4.69) is 10.3 Å². The molecule has 1 aromatic carbocycles. The standard InChI is InChI=1S/C20H24N2O5/c1-6-26-19(24)16-12(3)17(21-13(16)4)20(25)27-14(5)18(23)22-15-9-7-8-11(2)10-15/h7-10,14,21H,6H2,1-5H3,(H,22,23)/t14-/m1/s1. The molecule has 0 saturated heterocycles. The van der Waals surface area contributed by atoms with Gasteiger partial charge in [-0.15, -0.1) is 0 Å². The molecule has 0 saturated carbocycles. The fraction of sp³-hybridized carbons (Fsp3) is 0.350. The van der Waals surface area contributed by atoms with Gasteiger partial charge < -0.3 is 19.8 Å². The second-order valence-corrected chi connectivity index (χ2v) is 6.25. The molecule has 7 heteroatoms. The Bertz CT molecular complexity index is 869. The highest BCUT2D eigenvalue weighted by Gasteiger charge is 2.26. The zero-order valence-corrected chi connectivity index (χ0v) is 16.1. The monoisotopic (exact) mass is 372 g/mol. The minimum atomic E-state index is -1.01. The van der Waals surface area contributed by atoms with Gasteiger partial charge in [0.05, 0.1) is 12.2 Å². The Labute approximate surface area is 158 Å². The van der Waals surface area contributed by atoms with Crippen LogP contribution in [0.5, 0.6) is 0 Å². The molecular formula is C20H24N2O5. The fourth-order valence-corrected chi connectivity index (χ4v) is 2.70. The Morgan fingerprint density at radius 2 is 1.85 bits per heavy atom. The van der Waals surface area contributed by atoms with Gasteiger partial charge in [-0.3, -0.25) is 4.79 Å². The number of ether oxygens (including phenoxy) is 2. The summed E-state index contributed by atoms with van der Waals surface area (Å²) in [4.78, 5) is 39.6. The SMILES string of the molecule is CCOC(=O)c1c(C)[nH]c(C(=O)O[C@H](C)C(=O)Nc2cccc(C)c2)c1C. The molecule has 1 atom stereocenters. The molecule has 2 N–H and O–H groups in total.